The molecular weight excluding hydrogens is 386 g/mol. The molecule has 2 aliphatic rings. The van der Waals surface area contributed by atoms with Crippen molar-refractivity contribution < 1.29 is 30.2 Å². The first-order valence-corrected chi connectivity index (χ1v) is 10.00. The lowest BCUT2D eigenvalue weighted by molar-refractivity contribution is -0.197. The average molecular weight is 417 g/mol. The fourth-order valence-electron chi connectivity index (χ4n) is 3.22. The van der Waals surface area contributed by atoms with Crippen molar-refractivity contribution in [3.63, 3.8) is 0 Å². The van der Waals surface area contributed by atoms with Gasteiger partial charge in [0.05, 0.1) is 13.8 Å². The maximum absolute atomic E-state index is 12.5. The Kier molecular flexibility index (Phi) is 7.97. The van der Waals surface area contributed by atoms with Gasteiger partial charge in [0, 0.05) is 38.9 Å². The van der Waals surface area contributed by atoms with Crippen LogP contribution in [0.1, 0.15) is 53.7 Å². The molecule has 0 aromatic rings. The quantitative estimate of drug-likeness (QED) is 0.285. The van der Waals surface area contributed by atoms with Crippen LogP contribution in [0.15, 0.2) is 0 Å². The van der Waals surface area contributed by atoms with Crippen LogP contribution < -0.4 is 10.6 Å². The van der Waals surface area contributed by atoms with E-state index in [4.69, 9.17) is 6.21 Å². The molecule has 0 radical (unpaired) electrons. The Balaban J connectivity index is 1.64. The van der Waals surface area contributed by atoms with E-state index in [9.17, 15) is 24.0 Å². The van der Waals surface area contributed by atoms with Gasteiger partial charge in [-0.15, -0.1) is 5.06 Å². The van der Waals surface area contributed by atoms with E-state index in [1.54, 1.807) is 0 Å². The molecule has 4 amide bonds. The number of likely N-dealkylation sites (tertiary alicyclic amines) is 1. The Bertz CT molecular complexity index is 685. The molecular formula is C19H30N4O6. The van der Waals surface area contributed by atoms with Gasteiger partial charge in [0.25, 0.3) is 11.8 Å². The summed E-state index contributed by atoms with van der Waals surface area (Å²) in [4.78, 5) is 65.3. The number of rotatable bonds is 10. The summed E-state index contributed by atoms with van der Waals surface area (Å²) in [7, 11) is 0. The van der Waals surface area contributed by atoms with E-state index in [2.05, 4.69) is 10.6 Å². The van der Waals surface area contributed by atoms with Gasteiger partial charge in [-0.1, -0.05) is 13.8 Å². The molecule has 1 atom stereocenters. The first-order valence-electron chi connectivity index (χ1n) is 10.5. The van der Waals surface area contributed by atoms with Crippen LogP contribution in [-0.2, 0) is 28.8 Å². The van der Waals surface area contributed by atoms with Crippen molar-refractivity contribution in [1.29, 1.82) is 0 Å². The van der Waals surface area contributed by atoms with Crippen LogP contribution in [0.25, 0.3) is 0 Å². The number of hydroxylamine groups is 2. The molecule has 0 saturated carbocycles. The Labute approximate surface area is 171 Å². The van der Waals surface area contributed by atoms with Gasteiger partial charge in [0.1, 0.15) is 0 Å². The zero-order chi connectivity index (χ0) is 22.3. The van der Waals surface area contributed by atoms with Gasteiger partial charge in [-0.2, -0.15) is 0 Å². The molecule has 2 saturated heterocycles. The maximum Gasteiger partial charge on any atom is 0.334 e. The van der Waals surface area contributed by atoms with Crippen molar-refractivity contribution in [2.24, 2.45) is 5.92 Å². The molecule has 0 aliphatic carbocycles. The summed E-state index contributed by atoms with van der Waals surface area (Å²) in [5.74, 6) is -2.35. The lowest BCUT2D eigenvalue weighted by Crippen LogP contribution is -2.45. The summed E-state index contributed by atoms with van der Waals surface area (Å²) in [6.07, 6.45) is 1.09. The molecule has 10 nitrogen and oxygen atoms in total. The van der Waals surface area contributed by atoms with Gasteiger partial charge in [0.15, 0.2) is 0 Å². The van der Waals surface area contributed by atoms with E-state index in [0.717, 1.165) is 6.42 Å². The number of nitrogens with zero attached hydrogens (tertiary/aromatic N) is 2. The van der Waals surface area contributed by atoms with Crippen LogP contribution in [0, 0.1) is 5.92 Å². The normalized spacial score (nSPS) is 22.7. The van der Waals surface area contributed by atoms with Gasteiger partial charge < -0.3 is 15.5 Å². The highest BCUT2D eigenvalue weighted by Crippen LogP contribution is 2.18. The van der Waals surface area contributed by atoms with E-state index < -0.39 is 29.7 Å². The number of hydrogen-bond donors (Lipinski definition) is 2. The Morgan fingerprint density at radius 2 is 1.79 bits per heavy atom. The molecule has 2 N–H and O–H groups in total. The lowest BCUT2D eigenvalue weighted by atomic mass is 10.2. The largest absolute Gasteiger partial charge is 0.355 e. The second-order valence-electron chi connectivity index (χ2n) is 7.54. The minimum absolute atomic E-state index is 0.00411. The predicted molar refractivity (Wildman–Crippen MR) is 102 cm³/mol. The third-order valence-electron chi connectivity index (χ3n) is 4.56. The molecule has 2 aliphatic heterocycles. The molecule has 0 aromatic carbocycles. The number of imide groups is 1. The molecule has 2 rings (SSSR count). The van der Waals surface area contributed by atoms with Crippen LogP contribution in [0.2, 0.25) is 0 Å². The van der Waals surface area contributed by atoms with E-state index in [1.807, 2.05) is 18.7 Å². The van der Waals surface area contributed by atoms with E-state index >= 15 is 0 Å². The van der Waals surface area contributed by atoms with Gasteiger partial charge in [0.2, 0.25) is 11.8 Å². The molecule has 162 valence electrons. The highest BCUT2D eigenvalue weighted by molar-refractivity contribution is 6.01. The summed E-state index contributed by atoms with van der Waals surface area (Å²) < 4.78 is 8.51. The summed E-state index contributed by atoms with van der Waals surface area (Å²) >= 11 is 0. The highest BCUT2D eigenvalue weighted by Gasteiger charge is 2.33. The SMILES string of the molecule is [2H]C1(C(=O)[15NH]CCC(=O)[15NH]CCC(=O)ON2C(=O)CCC2=O)CCCN1[13CH2][13CH]([13CH3])[13CH3]. The molecule has 10 heteroatoms. The molecule has 2 fully saturated rings. The van der Waals surface area contributed by atoms with Crippen LogP contribution in [0.3, 0.4) is 0 Å². The Morgan fingerprint density at radius 1 is 1.14 bits per heavy atom. The highest BCUT2D eigenvalue weighted by atomic mass is 16.7. The number of nitrogens with one attached hydrogen (secondary N) is 2. The lowest BCUT2D eigenvalue weighted by Gasteiger charge is -2.25. The van der Waals surface area contributed by atoms with Crippen LogP contribution in [0.5, 0.6) is 0 Å². The fraction of sp³-hybridized carbons (Fsp3) is 0.737. The molecule has 0 bridgehead atoms. The molecule has 0 spiro atoms. The van der Waals surface area contributed by atoms with E-state index in [1.165, 1.54) is 0 Å². The maximum atomic E-state index is 12.5. The van der Waals surface area contributed by atoms with Crippen molar-refractivity contribution in [2.45, 2.75) is 58.4 Å². The standard InChI is InChI=1S/C19H30N4O6/c1-13(2)12-22-11-3-4-14(22)19(28)21-9-7-15(24)20-10-8-18(27)29-23-16(25)5-6-17(23)26/h13-14H,3-12H2,1-2H3,(H,20,24)(H,21,28)/i1+1,2+1,12+1,13+1,14D,20+1,21+1. The second kappa shape index (κ2) is 10.9. The van der Waals surface area contributed by atoms with Crippen molar-refractivity contribution in [2.75, 3.05) is 26.2 Å². The van der Waals surface area contributed by atoms with Gasteiger partial charge in [-0.05, 0) is 25.3 Å². The van der Waals surface area contributed by atoms with Crippen molar-refractivity contribution in [1.82, 2.24) is 20.6 Å². The average Bonchev–Trinajstić information content (AvgIpc) is 3.19. The molecule has 2 heterocycles. The summed E-state index contributed by atoms with van der Waals surface area (Å²) in [6, 6.07) is -1.30. The van der Waals surface area contributed by atoms with Crippen LogP contribution in [-0.4, -0.2) is 71.8 Å². The number of hydrogen-bond acceptors (Lipinski definition) is 7. The number of amides is 4. The van der Waals surface area contributed by atoms with Crippen molar-refractivity contribution in [3.8, 4) is 0 Å². The molecule has 29 heavy (non-hydrogen) atoms. The summed E-state index contributed by atoms with van der Waals surface area (Å²) in [5.41, 5.74) is 0. The van der Waals surface area contributed by atoms with Gasteiger partial charge in [-0.25, -0.2) is 4.79 Å². The number of carbonyl (C=O) groups excluding carboxylic acids is 5. The van der Waals surface area contributed by atoms with Crippen molar-refractivity contribution >= 4 is 29.6 Å². The van der Waals surface area contributed by atoms with Crippen LogP contribution in [0.4, 0.5) is 0 Å². The number of carbonyl (C=O) groups is 5. The smallest absolute Gasteiger partial charge is 0.334 e. The Morgan fingerprint density at radius 3 is 2.45 bits per heavy atom. The first-order chi connectivity index (χ1) is 14.1. The minimum atomic E-state index is -1.30. The second-order valence-corrected chi connectivity index (χ2v) is 7.54. The zero-order valence-corrected chi connectivity index (χ0v) is 17.0. The predicted octanol–water partition coefficient (Wildman–Crippen LogP) is -0.273. The third kappa shape index (κ3) is 7.12. The fourth-order valence-corrected chi connectivity index (χ4v) is 3.22. The zero-order valence-electron chi connectivity index (χ0n) is 18.0. The monoisotopic (exact) mass is 417 g/mol. The minimum Gasteiger partial charge on any atom is -0.355 e. The Hall–Kier alpha value is -2.49. The van der Waals surface area contributed by atoms with Crippen LogP contribution >= 0.6 is 0 Å². The van der Waals surface area contributed by atoms with Gasteiger partial charge in [-0.3, -0.25) is 24.1 Å². The van der Waals surface area contributed by atoms with E-state index in [0.29, 0.717) is 30.5 Å². The third-order valence-corrected chi connectivity index (χ3v) is 4.56. The molecule has 0 aromatic heterocycles. The first kappa shape index (κ1) is 21.2. The molecule has 1 unspecified atom stereocenters. The summed E-state index contributed by atoms with van der Waals surface area (Å²) in [6.45, 7) is 5.52. The topological polar surface area (TPSA) is 125 Å². The summed E-state index contributed by atoms with van der Waals surface area (Å²) in [5, 5.41) is 5.63. The van der Waals surface area contributed by atoms with E-state index in [-0.39, 0.29) is 44.7 Å². The van der Waals surface area contributed by atoms with Gasteiger partial charge >= 0.3 is 5.97 Å². The van der Waals surface area contributed by atoms with Crippen molar-refractivity contribution in [3.05, 3.63) is 0 Å².